The van der Waals surface area contributed by atoms with Crippen molar-refractivity contribution in [1.29, 1.82) is 0 Å². The summed E-state index contributed by atoms with van der Waals surface area (Å²) in [7, 11) is 0. The highest BCUT2D eigenvalue weighted by Gasteiger charge is 2.01. The van der Waals surface area contributed by atoms with E-state index in [2.05, 4.69) is 0 Å². The Hall–Kier alpha value is -2.22. The molecule has 96 valence electrons. The SMILES string of the molecule is NCC(=O)CCC(=O)O.O=C(O)/C=C\C(=O)O. The van der Waals surface area contributed by atoms with Crippen molar-refractivity contribution in [3.63, 3.8) is 0 Å². The van der Waals surface area contributed by atoms with E-state index < -0.39 is 17.9 Å². The number of aliphatic carboxylic acids is 3. The zero-order chi connectivity index (χ0) is 13.8. The molecule has 0 radical (unpaired) electrons. The fourth-order valence-electron chi connectivity index (χ4n) is 0.491. The van der Waals surface area contributed by atoms with Gasteiger partial charge in [-0.3, -0.25) is 9.59 Å². The van der Waals surface area contributed by atoms with Gasteiger partial charge in [0, 0.05) is 18.6 Å². The van der Waals surface area contributed by atoms with E-state index in [0.717, 1.165) is 0 Å². The Morgan fingerprint density at radius 2 is 1.29 bits per heavy atom. The molecule has 0 rings (SSSR count). The van der Waals surface area contributed by atoms with Crippen LogP contribution in [0, 0.1) is 0 Å². The molecule has 0 aromatic carbocycles. The molecule has 0 bridgehead atoms. The number of nitrogens with two attached hydrogens (primary N) is 1. The first kappa shape index (κ1) is 17.2. The summed E-state index contributed by atoms with van der Waals surface area (Å²) in [5, 5.41) is 23.7. The predicted octanol–water partition coefficient (Wildman–Crippen LogP) is -0.909. The number of ketones is 1. The van der Waals surface area contributed by atoms with Crippen LogP contribution >= 0.6 is 0 Å². The summed E-state index contributed by atoms with van der Waals surface area (Å²) in [5.74, 6) is -3.69. The van der Waals surface area contributed by atoms with Crippen molar-refractivity contribution in [3.05, 3.63) is 12.2 Å². The third kappa shape index (κ3) is 20.0. The number of carboxylic acid groups (broad SMARTS) is 3. The van der Waals surface area contributed by atoms with Gasteiger partial charge in [0.2, 0.25) is 0 Å². The molecule has 0 amide bonds. The molecule has 17 heavy (non-hydrogen) atoms. The number of rotatable bonds is 6. The van der Waals surface area contributed by atoms with Gasteiger partial charge in [0.15, 0.2) is 0 Å². The minimum Gasteiger partial charge on any atom is -0.481 e. The van der Waals surface area contributed by atoms with E-state index in [0.29, 0.717) is 12.2 Å². The normalized spacial score (nSPS) is 9.24. The maximum Gasteiger partial charge on any atom is 0.328 e. The predicted molar refractivity (Wildman–Crippen MR) is 55.3 cm³/mol. The van der Waals surface area contributed by atoms with Gasteiger partial charge in [-0.05, 0) is 0 Å². The van der Waals surface area contributed by atoms with Crippen molar-refractivity contribution < 1.29 is 34.5 Å². The molecule has 0 aliphatic rings. The van der Waals surface area contributed by atoms with E-state index in [-0.39, 0.29) is 25.2 Å². The second-order valence-electron chi connectivity index (χ2n) is 2.65. The van der Waals surface area contributed by atoms with E-state index >= 15 is 0 Å². The Labute approximate surface area is 96.3 Å². The first-order valence-corrected chi connectivity index (χ1v) is 4.37. The Kier molecular flexibility index (Phi) is 10.4. The van der Waals surface area contributed by atoms with Crippen molar-refractivity contribution >= 4 is 23.7 Å². The van der Waals surface area contributed by atoms with Crippen LogP contribution in [0.15, 0.2) is 12.2 Å². The van der Waals surface area contributed by atoms with Crippen molar-refractivity contribution in [1.82, 2.24) is 0 Å². The third-order valence-electron chi connectivity index (χ3n) is 1.21. The fourth-order valence-corrected chi connectivity index (χ4v) is 0.491. The van der Waals surface area contributed by atoms with Crippen LogP contribution in [0.1, 0.15) is 12.8 Å². The van der Waals surface area contributed by atoms with Gasteiger partial charge >= 0.3 is 17.9 Å². The topological polar surface area (TPSA) is 155 Å². The van der Waals surface area contributed by atoms with E-state index in [1.807, 2.05) is 0 Å². The average molecular weight is 247 g/mol. The minimum atomic E-state index is -1.26. The Balaban J connectivity index is 0. The van der Waals surface area contributed by atoms with Crippen molar-refractivity contribution in [2.75, 3.05) is 6.54 Å². The van der Waals surface area contributed by atoms with Crippen LogP contribution in [-0.2, 0) is 19.2 Å². The van der Waals surface area contributed by atoms with Gasteiger partial charge in [0.1, 0.15) is 5.78 Å². The molecule has 0 fully saturated rings. The van der Waals surface area contributed by atoms with E-state index in [9.17, 15) is 19.2 Å². The second-order valence-corrected chi connectivity index (χ2v) is 2.65. The van der Waals surface area contributed by atoms with Crippen LogP contribution in [0.3, 0.4) is 0 Å². The summed E-state index contributed by atoms with van der Waals surface area (Å²) in [6, 6.07) is 0. The summed E-state index contributed by atoms with van der Waals surface area (Å²) >= 11 is 0. The quantitative estimate of drug-likeness (QED) is 0.439. The standard InChI is InChI=1S/C5H9NO3.C4H4O4/c6-3-4(7)1-2-5(8)9;5-3(6)1-2-4(7)8/h1-3,6H2,(H,8,9);1-2H,(H,5,6)(H,7,8)/b;2-1-. The molecule has 0 unspecified atom stereocenters. The largest absolute Gasteiger partial charge is 0.481 e. The zero-order valence-electron chi connectivity index (χ0n) is 8.83. The second kappa shape index (κ2) is 10.3. The average Bonchev–Trinajstić information content (AvgIpc) is 2.23. The maximum atomic E-state index is 10.3. The van der Waals surface area contributed by atoms with E-state index in [1.165, 1.54) is 0 Å². The molecule has 8 nitrogen and oxygen atoms in total. The Morgan fingerprint density at radius 1 is 0.882 bits per heavy atom. The molecule has 0 aliphatic heterocycles. The Morgan fingerprint density at radius 3 is 1.53 bits per heavy atom. The maximum absolute atomic E-state index is 10.3. The smallest absolute Gasteiger partial charge is 0.328 e. The highest BCUT2D eigenvalue weighted by molar-refractivity contribution is 5.89. The van der Waals surface area contributed by atoms with Gasteiger partial charge in [0.05, 0.1) is 13.0 Å². The van der Waals surface area contributed by atoms with E-state index in [4.69, 9.17) is 21.1 Å². The van der Waals surface area contributed by atoms with E-state index in [1.54, 1.807) is 0 Å². The third-order valence-corrected chi connectivity index (χ3v) is 1.21. The number of hydrogen-bond donors (Lipinski definition) is 4. The Bertz CT molecular complexity index is 305. The lowest BCUT2D eigenvalue weighted by atomic mass is 10.2. The first-order valence-electron chi connectivity index (χ1n) is 4.37. The summed E-state index contributed by atoms with van der Waals surface area (Å²) in [6.07, 6.45) is 1.05. The first-order chi connectivity index (χ1) is 7.79. The minimum absolute atomic E-state index is 0.0475. The van der Waals surface area contributed by atoms with Crippen LogP contribution in [0.4, 0.5) is 0 Å². The zero-order valence-corrected chi connectivity index (χ0v) is 8.83. The molecule has 0 saturated carbocycles. The number of hydrogen-bond acceptors (Lipinski definition) is 5. The molecule has 0 spiro atoms. The molecular formula is C9H13NO7. The molecule has 0 heterocycles. The number of carbonyl (C=O) groups is 4. The molecule has 0 aromatic rings. The van der Waals surface area contributed by atoms with Crippen molar-refractivity contribution in [2.45, 2.75) is 12.8 Å². The van der Waals surface area contributed by atoms with Crippen LogP contribution in [0.2, 0.25) is 0 Å². The molecule has 8 heteroatoms. The van der Waals surface area contributed by atoms with Gasteiger partial charge < -0.3 is 21.1 Å². The van der Waals surface area contributed by atoms with Crippen LogP contribution in [0.5, 0.6) is 0 Å². The highest BCUT2D eigenvalue weighted by atomic mass is 16.4. The van der Waals surface area contributed by atoms with Crippen LogP contribution in [0.25, 0.3) is 0 Å². The molecule has 0 aromatic heterocycles. The summed E-state index contributed by atoms with van der Waals surface area (Å²) in [6.45, 7) is -0.0622. The number of carbonyl (C=O) groups excluding carboxylic acids is 1. The van der Waals surface area contributed by atoms with Gasteiger partial charge in [-0.1, -0.05) is 0 Å². The van der Waals surface area contributed by atoms with Crippen molar-refractivity contribution in [2.24, 2.45) is 5.73 Å². The van der Waals surface area contributed by atoms with Gasteiger partial charge in [0.25, 0.3) is 0 Å². The lowest BCUT2D eigenvalue weighted by Gasteiger charge is -1.90. The van der Waals surface area contributed by atoms with Crippen LogP contribution in [-0.4, -0.2) is 45.6 Å². The lowest BCUT2D eigenvalue weighted by Crippen LogP contribution is -2.14. The number of Topliss-reactive ketones (excluding diaryl/α,β-unsaturated/α-hetero) is 1. The number of carboxylic acids is 3. The lowest BCUT2D eigenvalue weighted by molar-refractivity contribution is -0.138. The summed E-state index contributed by atoms with van der Waals surface area (Å²) in [5.41, 5.74) is 4.92. The highest BCUT2D eigenvalue weighted by Crippen LogP contribution is 1.87. The molecule has 0 atom stereocenters. The summed E-state index contributed by atoms with van der Waals surface area (Å²) < 4.78 is 0. The van der Waals surface area contributed by atoms with Crippen molar-refractivity contribution in [3.8, 4) is 0 Å². The summed E-state index contributed by atoms with van der Waals surface area (Å²) in [4.78, 5) is 39.3. The van der Waals surface area contributed by atoms with Gasteiger partial charge in [-0.25, -0.2) is 9.59 Å². The van der Waals surface area contributed by atoms with Gasteiger partial charge in [-0.15, -0.1) is 0 Å². The molecular weight excluding hydrogens is 234 g/mol. The molecule has 0 saturated heterocycles. The monoisotopic (exact) mass is 247 g/mol. The van der Waals surface area contributed by atoms with Gasteiger partial charge in [-0.2, -0.15) is 0 Å². The fraction of sp³-hybridized carbons (Fsp3) is 0.333. The molecule has 0 aliphatic carbocycles. The van der Waals surface area contributed by atoms with Crippen LogP contribution < -0.4 is 5.73 Å². The molecule has 5 N–H and O–H groups in total.